The zero-order valence-electron chi connectivity index (χ0n) is 17.1. The molecular formula is C21H25N3O4S. The van der Waals surface area contributed by atoms with Crippen LogP contribution in [0.1, 0.15) is 28.6 Å². The summed E-state index contributed by atoms with van der Waals surface area (Å²) < 4.78 is 41.9. The molecule has 2 aromatic carbocycles. The summed E-state index contributed by atoms with van der Waals surface area (Å²) in [6.45, 7) is 3.64. The van der Waals surface area contributed by atoms with Crippen LogP contribution in [-0.2, 0) is 17.1 Å². The van der Waals surface area contributed by atoms with E-state index in [1.807, 2.05) is 20.0 Å². The monoisotopic (exact) mass is 415 g/mol. The maximum atomic E-state index is 13.3. The number of rotatable bonds is 7. The average Bonchev–Trinajstić information content (AvgIpc) is 3.13. The predicted octanol–water partition coefficient (Wildman–Crippen LogP) is 3.12. The Bertz CT molecular complexity index is 1100. The van der Waals surface area contributed by atoms with Crippen LogP contribution in [0, 0.1) is 13.8 Å². The van der Waals surface area contributed by atoms with Gasteiger partial charge in [0.1, 0.15) is 23.4 Å². The van der Waals surface area contributed by atoms with Gasteiger partial charge in [-0.05, 0) is 48.7 Å². The molecule has 1 aromatic heterocycles. The van der Waals surface area contributed by atoms with Crippen molar-refractivity contribution in [1.29, 1.82) is 0 Å². The Labute approximate surface area is 171 Å². The minimum Gasteiger partial charge on any atom is -0.497 e. The first-order valence-electron chi connectivity index (χ1n) is 9.05. The number of ether oxygens (including phenoxy) is 2. The largest absolute Gasteiger partial charge is 0.497 e. The maximum absolute atomic E-state index is 13.3. The van der Waals surface area contributed by atoms with Crippen LogP contribution in [0.4, 0.5) is 0 Å². The first-order chi connectivity index (χ1) is 13.7. The molecule has 0 saturated heterocycles. The fourth-order valence-electron chi connectivity index (χ4n) is 3.14. The van der Waals surface area contributed by atoms with Crippen LogP contribution in [0.2, 0.25) is 0 Å². The molecule has 0 amide bonds. The van der Waals surface area contributed by atoms with Crippen LogP contribution in [0.3, 0.4) is 0 Å². The molecule has 154 valence electrons. The van der Waals surface area contributed by atoms with Gasteiger partial charge in [-0.3, -0.25) is 0 Å². The molecule has 0 aliphatic heterocycles. The molecule has 1 N–H and O–H groups in total. The van der Waals surface area contributed by atoms with Crippen LogP contribution in [-0.4, -0.2) is 32.2 Å². The van der Waals surface area contributed by atoms with Gasteiger partial charge >= 0.3 is 0 Å². The summed E-state index contributed by atoms with van der Waals surface area (Å²) in [5.74, 6) is 1.67. The number of nitrogens with one attached hydrogen (secondary N) is 1. The molecule has 0 saturated carbocycles. The number of aryl methyl sites for hydroxylation is 3. The number of hydrogen-bond acceptors (Lipinski definition) is 5. The first kappa shape index (κ1) is 20.9. The van der Waals surface area contributed by atoms with Gasteiger partial charge in [0.25, 0.3) is 0 Å². The van der Waals surface area contributed by atoms with Crippen molar-refractivity contribution in [1.82, 2.24) is 14.3 Å². The van der Waals surface area contributed by atoms with Crippen LogP contribution < -0.4 is 14.2 Å². The van der Waals surface area contributed by atoms with Crippen molar-refractivity contribution in [3.8, 4) is 11.5 Å². The van der Waals surface area contributed by atoms with Crippen molar-refractivity contribution in [2.75, 3.05) is 14.2 Å². The molecule has 0 bridgehead atoms. The van der Waals surface area contributed by atoms with Crippen molar-refractivity contribution in [3.05, 3.63) is 71.3 Å². The normalized spacial score (nSPS) is 12.6. The standard InChI is InChI=1S/C21H25N3O4S/c1-14-6-7-15(2)19(10-14)29(25,26)23-20(21-22-8-9-24(21)3)16-11-17(27-4)13-18(12-16)28-5/h6-13,20,23H,1-5H3. The predicted molar refractivity (Wildman–Crippen MR) is 111 cm³/mol. The zero-order chi connectivity index (χ0) is 21.2. The molecule has 3 aromatic rings. The Morgan fingerprint density at radius 1 is 1.03 bits per heavy atom. The van der Waals surface area contributed by atoms with E-state index in [1.54, 1.807) is 68.4 Å². The van der Waals surface area contributed by atoms with Gasteiger partial charge in [0, 0.05) is 25.5 Å². The quantitative estimate of drug-likeness (QED) is 0.641. The molecule has 1 heterocycles. The van der Waals surface area contributed by atoms with E-state index in [4.69, 9.17) is 9.47 Å². The van der Waals surface area contributed by atoms with Gasteiger partial charge in [0.05, 0.1) is 19.1 Å². The van der Waals surface area contributed by atoms with E-state index >= 15 is 0 Å². The summed E-state index contributed by atoms with van der Waals surface area (Å²) >= 11 is 0. The molecule has 1 atom stereocenters. The fraction of sp³-hybridized carbons (Fsp3) is 0.286. The fourth-order valence-corrected chi connectivity index (χ4v) is 4.65. The van der Waals surface area contributed by atoms with Gasteiger partial charge in [0.2, 0.25) is 10.0 Å². The van der Waals surface area contributed by atoms with Crippen LogP contribution in [0.5, 0.6) is 11.5 Å². The van der Waals surface area contributed by atoms with Gasteiger partial charge in [0.15, 0.2) is 0 Å². The van der Waals surface area contributed by atoms with E-state index in [0.29, 0.717) is 28.5 Å². The molecule has 7 nitrogen and oxygen atoms in total. The van der Waals surface area contributed by atoms with Gasteiger partial charge in [-0.25, -0.2) is 13.4 Å². The lowest BCUT2D eigenvalue weighted by molar-refractivity contribution is 0.392. The second-order valence-electron chi connectivity index (χ2n) is 6.87. The second-order valence-corrected chi connectivity index (χ2v) is 8.55. The molecule has 0 spiro atoms. The smallest absolute Gasteiger partial charge is 0.241 e. The van der Waals surface area contributed by atoms with Crippen molar-refractivity contribution in [3.63, 3.8) is 0 Å². The molecule has 1 unspecified atom stereocenters. The Hall–Kier alpha value is -2.84. The number of hydrogen-bond donors (Lipinski definition) is 1. The third kappa shape index (κ3) is 4.44. The Balaban J connectivity index is 2.13. The van der Waals surface area contributed by atoms with E-state index in [1.165, 1.54) is 0 Å². The van der Waals surface area contributed by atoms with Gasteiger partial charge in [-0.1, -0.05) is 12.1 Å². The summed E-state index contributed by atoms with van der Waals surface area (Å²) in [5.41, 5.74) is 2.20. The van der Waals surface area contributed by atoms with Crippen LogP contribution in [0.15, 0.2) is 53.7 Å². The SMILES string of the molecule is COc1cc(OC)cc(C(NS(=O)(=O)c2cc(C)ccc2C)c2nccn2C)c1. The van der Waals surface area contributed by atoms with Gasteiger partial charge < -0.3 is 14.0 Å². The Morgan fingerprint density at radius 2 is 1.69 bits per heavy atom. The van der Waals surface area contributed by atoms with Crippen molar-refractivity contribution >= 4 is 10.0 Å². The Kier molecular flexibility index (Phi) is 5.95. The third-order valence-corrected chi connectivity index (χ3v) is 6.29. The molecule has 29 heavy (non-hydrogen) atoms. The highest BCUT2D eigenvalue weighted by Crippen LogP contribution is 2.31. The lowest BCUT2D eigenvalue weighted by atomic mass is 10.1. The summed E-state index contributed by atoms with van der Waals surface area (Å²) in [6.07, 6.45) is 3.40. The summed E-state index contributed by atoms with van der Waals surface area (Å²) in [5, 5.41) is 0. The van der Waals surface area contributed by atoms with Gasteiger partial charge in [-0.15, -0.1) is 0 Å². The van der Waals surface area contributed by atoms with E-state index in [0.717, 1.165) is 5.56 Å². The molecule has 0 radical (unpaired) electrons. The highest BCUT2D eigenvalue weighted by atomic mass is 32.2. The molecular weight excluding hydrogens is 390 g/mol. The number of methoxy groups -OCH3 is 2. The number of benzene rings is 2. The van der Waals surface area contributed by atoms with E-state index in [-0.39, 0.29) is 4.90 Å². The van der Waals surface area contributed by atoms with Crippen LogP contribution in [0.25, 0.3) is 0 Å². The lowest BCUT2D eigenvalue weighted by Gasteiger charge is -2.21. The number of aromatic nitrogens is 2. The number of nitrogens with zero attached hydrogens (tertiary/aromatic N) is 2. The Morgan fingerprint density at radius 3 is 2.24 bits per heavy atom. The number of sulfonamides is 1. The van der Waals surface area contributed by atoms with Crippen molar-refractivity contribution < 1.29 is 17.9 Å². The lowest BCUT2D eigenvalue weighted by Crippen LogP contribution is -2.31. The molecule has 0 fully saturated rings. The minimum atomic E-state index is -3.83. The van der Waals surface area contributed by atoms with E-state index < -0.39 is 16.1 Å². The van der Waals surface area contributed by atoms with E-state index in [9.17, 15) is 8.42 Å². The minimum absolute atomic E-state index is 0.242. The molecule has 8 heteroatoms. The molecule has 3 rings (SSSR count). The van der Waals surface area contributed by atoms with Gasteiger partial charge in [-0.2, -0.15) is 4.72 Å². The highest BCUT2D eigenvalue weighted by Gasteiger charge is 2.27. The highest BCUT2D eigenvalue weighted by molar-refractivity contribution is 7.89. The summed E-state index contributed by atoms with van der Waals surface area (Å²) in [4.78, 5) is 4.62. The first-order valence-corrected chi connectivity index (χ1v) is 10.5. The summed E-state index contributed by atoms with van der Waals surface area (Å²) in [6, 6.07) is 9.90. The molecule has 0 aliphatic rings. The topological polar surface area (TPSA) is 82.4 Å². The molecule has 0 aliphatic carbocycles. The summed E-state index contributed by atoms with van der Waals surface area (Å²) in [7, 11) is 1.09. The van der Waals surface area contributed by atoms with Crippen molar-refractivity contribution in [2.45, 2.75) is 24.8 Å². The van der Waals surface area contributed by atoms with E-state index in [2.05, 4.69) is 9.71 Å². The second kappa shape index (κ2) is 8.26. The van der Waals surface area contributed by atoms with Crippen molar-refractivity contribution in [2.24, 2.45) is 7.05 Å². The zero-order valence-corrected chi connectivity index (χ0v) is 17.9. The van der Waals surface area contributed by atoms with Crippen LogP contribution >= 0.6 is 0 Å². The maximum Gasteiger partial charge on any atom is 0.241 e. The average molecular weight is 416 g/mol. The third-order valence-electron chi connectivity index (χ3n) is 4.73. The number of imidazole rings is 1.